The van der Waals surface area contributed by atoms with Crippen molar-refractivity contribution in [2.24, 2.45) is 0 Å². The molecular weight excluding hydrogens is 310 g/mol. The molecule has 0 fully saturated rings. The molecule has 0 amide bonds. The van der Waals surface area contributed by atoms with E-state index in [0.717, 1.165) is 16.8 Å². The van der Waals surface area contributed by atoms with E-state index in [0.29, 0.717) is 16.7 Å². The minimum Gasteiger partial charge on any atom is -0.324 e. The van der Waals surface area contributed by atoms with Crippen molar-refractivity contribution in [3.05, 3.63) is 53.4 Å². The van der Waals surface area contributed by atoms with E-state index in [4.69, 9.17) is 11.6 Å². The van der Waals surface area contributed by atoms with Crippen LogP contribution < -0.4 is 5.32 Å². The van der Waals surface area contributed by atoms with Crippen LogP contribution in [-0.2, 0) is 0 Å². The highest BCUT2D eigenvalue weighted by Gasteiger charge is 2.12. The Morgan fingerprint density at radius 2 is 2.13 bits per heavy atom. The summed E-state index contributed by atoms with van der Waals surface area (Å²) in [5.41, 5.74) is 3.54. The van der Waals surface area contributed by atoms with Gasteiger partial charge in [-0.1, -0.05) is 17.7 Å². The summed E-state index contributed by atoms with van der Waals surface area (Å²) in [5, 5.41) is 8.04. The van der Waals surface area contributed by atoms with E-state index < -0.39 is 0 Å². The molecule has 3 rings (SSSR count). The molecule has 0 saturated carbocycles. The predicted octanol–water partition coefficient (Wildman–Crippen LogP) is 4.43. The van der Waals surface area contributed by atoms with Gasteiger partial charge >= 0.3 is 0 Å². The number of nitrogens with zero attached hydrogens (tertiary/aromatic N) is 4. The summed E-state index contributed by atoms with van der Waals surface area (Å²) in [6, 6.07) is 9.01. The highest BCUT2D eigenvalue weighted by molar-refractivity contribution is 6.32. The lowest BCUT2D eigenvalue weighted by Crippen LogP contribution is -2.00. The third-order valence-electron chi connectivity index (χ3n) is 3.47. The van der Waals surface area contributed by atoms with Crippen molar-refractivity contribution in [3.63, 3.8) is 0 Å². The van der Waals surface area contributed by atoms with Crippen molar-refractivity contribution in [1.29, 1.82) is 0 Å². The van der Waals surface area contributed by atoms with Crippen molar-refractivity contribution in [3.8, 4) is 11.3 Å². The molecular formula is C17H17ClN5. The smallest absolute Gasteiger partial charge is 0.227 e. The maximum atomic E-state index is 6.26. The maximum absolute atomic E-state index is 6.26. The molecule has 0 aliphatic carbocycles. The van der Waals surface area contributed by atoms with E-state index >= 15 is 0 Å². The van der Waals surface area contributed by atoms with Crippen LogP contribution in [0, 0.1) is 13.0 Å². The van der Waals surface area contributed by atoms with Crippen LogP contribution in [-0.4, -0.2) is 19.7 Å². The van der Waals surface area contributed by atoms with Gasteiger partial charge in [0.15, 0.2) is 0 Å². The van der Waals surface area contributed by atoms with Crippen LogP contribution in [0.3, 0.4) is 0 Å². The second-order valence-electron chi connectivity index (χ2n) is 5.56. The van der Waals surface area contributed by atoms with Crippen LogP contribution in [0.2, 0.25) is 5.02 Å². The van der Waals surface area contributed by atoms with E-state index in [1.165, 1.54) is 0 Å². The number of nitrogens with one attached hydrogen (secondary N) is 1. The molecule has 117 valence electrons. The van der Waals surface area contributed by atoms with Crippen LogP contribution >= 0.6 is 11.6 Å². The summed E-state index contributed by atoms with van der Waals surface area (Å²) in [4.78, 5) is 8.79. The van der Waals surface area contributed by atoms with Gasteiger partial charge in [-0.15, -0.1) is 0 Å². The van der Waals surface area contributed by atoms with Gasteiger partial charge in [0.25, 0.3) is 0 Å². The molecule has 2 aromatic heterocycles. The lowest BCUT2D eigenvalue weighted by molar-refractivity contribution is 0.532. The summed E-state index contributed by atoms with van der Waals surface area (Å²) in [6.45, 7) is 6.14. The number of halogens is 1. The molecule has 5 nitrogen and oxygen atoms in total. The maximum Gasteiger partial charge on any atom is 0.227 e. The third-order valence-corrected chi connectivity index (χ3v) is 3.74. The molecule has 6 heteroatoms. The lowest BCUT2D eigenvalue weighted by atomic mass is 10.2. The monoisotopic (exact) mass is 326 g/mol. The van der Waals surface area contributed by atoms with Gasteiger partial charge in [0.1, 0.15) is 0 Å². The SMILES string of the molecule is Cc1c[c]ccc1Nc1ncc(Cl)c(-c2cnn(C(C)C)c2)n1. The van der Waals surface area contributed by atoms with E-state index in [2.05, 4.69) is 40.3 Å². The molecule has 1 aromatic carbocycles. The molecule has 1 N–H and O–H groups in total. The molecule has 0 saturated heterocycles. The quantitative estimate of drug-likeness (QED) is 0.770. The van der Waals surface area contributed by atoms with Gasteiger partial charge < -0.3 is 5.32 Å². The number of aromatic nitrogens is 4. The van der Waals surface area contributed by atoms with Gasteiger partial charge in [0, 0.05) is 23.5 Å². The predicted molar refractivity (Wildman–Crippen MR) is 91.9 cm³/mol. The van der Waals surface area contributed by atoms with Crippen LogP contribution in [0.4, 0.5) is 11.6 Å². The molecule has 1 radical (unpaired) electrons. The average molecular weight is 327 g/mol. The topological polar surface area (TPSA) is 55.6 Å². The standard InChI is InChI=1S/C17H17ClN5/c1-11(2)23-10-13(8-20-23)16-14(18)9-19-17(22-16)21-15-7-5-4-6-12(15)3/h5-11H,1-3H3,(H,19,21,22). The van der Waals surface area contributed by atoms with E-state index in [9.17, 15) is 0 Å². The molecule has 0 atom stereocenters. The van der Waals surface area contributed by atoms with Crippen LogP contribution in [0.15, 0.2) is 36.8 Å². The molecule has 0 bridgehead atoms. The lowest BCUT2D eigenvalue weighted by Gasteiger charge is -2.09. The van der Waals surface area contributed by atoms with Gasteiger partial charge in [-0.3, -0.25) is 4.68 Å². The summed E-state index contributed by atoms with van der Waals surface area (Å²) in [6.07, 6.45) is 5.30. The molecule has 0 aliphatic rings. The Labute approximate surface area is 140 Å². The van der Waals surface area contributed by atoms with Gasteiger partial charge in [0.2, 0.25) is 5.95 Å². The second kappa shape index (κ2) is 6.38. The number of hydrogen-bond donors (Lipinski definition) is 1. The average Bonchev–Trinajstić information content (AvgIpc) is 3.01. The number of benzene rings is 1. The number of aryl methyl sites for hydroxylation is 1. The van der Waals surface area contributed by atoms with Gasteiger partial charge in [0.05, 0.1) is 23.1 Å². The van der Waals surface area contributed by atoms with Crippen LogP contribution in [0.25, 0.3) is 11.3 Å². The molecule has 2 heterocycles. The molecule has 0 spiro atoms. The van der Waals surface area contributed by atoms with Crippen LogP contribution in [0.1, 0.15) is 25.5 Å². The molecule has 0 aliphatic heterocycles. The van der Waals surface area contributed by atoms with Gasteiger partial charge in [-0.05, 0) is 44.5 Å². The molecule has 0 unspecified atom stereocenters. The van der Waals surface area contributed by atoms with E-state index in [1.807, 2.05) is 36.0 Å². The second-order valence-corrected chi connectivity index (χ2v) is 5.97. The Hall–Kier alpha value is -2.40. The fourth-order valence-corrected chi connectivity index (χ4v) is 2.35. The number of anilines is 2. The first-order valence-corrected chi connectivity index (χ1v) is 7.73. The van der Waals surface area contributed by atoms with Crippen molar-refractivity contribution in [2.75, 3.05) is 5.32 Å². The number of rotatable bonds is 4. The van der Waals surface area contributed by atoms with E-state index in [-0.39, 0.29) is 6.04 Å². The van der Waals surface area contributed by atoms with Gasteiger partial charge in [-0.25, -0.2) is 9.97 Å². The summed E-state index contributed by atoms with van der Waals surface area (Å²) >= 11 is 6.26. The highest BCUT2D eigenvalue weighted by atomic mass is 35.5. The third kappa shape index (κ3) is 3.35. The first-order chi connectivity index (χ1) is 11.0. The summed E-state index contributed by atoms with van der Waals surface area (Å²) in [5.74, 6) is 0.496. The summed E-state index contributed by atoms with van der Waals surface area (Å²) in [7, 11) is 0. The number of hydrogen-bond acceptors (Lipinski definition) is 4. The zero-order chi connectivity index (χ0) is 16.4. The van der Waals surface area contributed by atoms with Crippen molar-refractivity contribution >= 4 is 23.2 Å². The minimum absolute atomic E-state index is 0.283. The summed E-state index contributed by atoms with van der Waals surface area (Å²) < 4.78 is 1.87. The largest absolute Gasteiger partial charge is 0.324 e. The zero-order valence-corrected chi connectivity index (χ0v) is 14.0. The zero-order valence-electron chi connectivity index (χ0n) is 13.2. The Bertz CT molecular complexity index is 825. The van der Waals surface area contributed by atoms with Crippen LogP contribution in [0.5, 0.6) is 0 Å². The molecule has 23 heavy (non-hydrogen) atoms. The van der Waals surface area contributed by atoms with Gasteiger partial charge in [-0.2, -0.15) is 5.10 Å². The Morgan fingerprint density at radius 3 is 2.83 bits per heavy atom. The fourth-order valence-electron chi connectivity index (χ4n) is 2.15. The highest BCUT2D eigenvalue weighted by Crippen LogP contribution is 2.27. The van der Waals surface area contributed by atoms with Crippen molar-refractivity contribution in [2.45, 2.75) is 26.8 Å². The Kier molecular flexibility index (Phi) is 4.30. The fraction of sp³-hybridized carbons (Fsp3) is 0.235. The first kappa shape index (κ1) is 15.5. The Balaban J connectivity index is 1.94. The first-order valence-electron chi connectivity index (χ1n) is 7.35. The molecule has 3 aromatic rings. The Morgan fingerprint density at radius 1 is 1.30 bits per heavy atom. The minimum atomic E-state index is 0.283. The van der Waals surface area contributed by atoms with E-state index in [1.54, 1.807) is 12.4 Å². The normalized spacial score (nSPS) is 11.0. The van der Waals surface area contributed by atoms with Crippen molar-refractivity contribution < 1.29 is 0 Å². The van der Waals surface area contributed by atoms with Crippen molar-refractivity contribution in [1.82, 2.24) is 19.7 Å².